The summed E-state index contributed by atoms with van der Waals surface area (Å²) in [5, 5.41) is 0.717. The summed E-state index contributed by atoms with van der Waals surface area (Å²) < 4.78 is 19.7. The number of hydrogen-bond donors (Lipinski definition) is 0. The average molecular weight is 436 g/mol. The zero-order valence-electron chi connectivity index (χ0n) is 14.7. The number of pyridine rings is 1. The zero-order chi connectivity index (χ0) is 19.5. The summed E-state index contributed by atoms with van der Waals surface area (Å²) in [5.41, 5.74) is 3.33. The predicted molar refractivity (Wildman–Crippen MR) is 110 cm³/mol. The third-order valence-corrected chi connectivity index (χ3v) is 4.89. The number of nitrogens with zero attached hydrogens (tertiary/aromatic N) is 1. The van der Waals surface area contributed by atoms with Crippen molar-refractivity contribution in [2.45, 2.75) is 6.61 Å². The molecule has 1 aromatic heterocycles. The van der Waals surface area contributed by atoms with Crippen LogP contribution in [-0.4, -0.2) is 11.0 Å². The second-order valence-corrected chi connectivity index (χ2v) is 7.20. The van der Waals surface area contributed by atoms with Crippen LogP contribution in [0.15, 0.2) is 83.3 Å². The number of halogens is 2. The number of rotatable bonds is 4. The van der Waals surface area contributed by atoms with Crippen molar-refractivity contribution in [3.8, 4) is 11.3 Å². The summed E-state index contributed by atoms with van der Waals surface area (Å²) >= 11 is 3.39. The van der Waals surface area contributed by atoms with E-state index in [1.54, 1.807) is 18.2 Å². The minimum absolute atomic E-state index is 0.175. The molecule has 4 aromatic rings. The molecule has 0 N–H and O–H groups in total. The molecule has 28 heavy (non-hydrogen) atoms. The topological polar surface area (TPSA) is 39.2 Å². The minimum atomic E-state index is -0.426. The van der Waals surface area contributed by atoms with Gasteiger partial charge in [-0.25, -0.2) is 14.2 Å². The van der Waals surface area contributed by atoms with E-state index in [1.165, 1.54) is 12.1 Å². The smallest absolute Gasteiger partial charge is 0.339 e. The Kier molecular flexibility index (Phi) is 5.17. The summed E-state index contributed by atoms with van der Waals surface area (Å²) in [5.74, 6) is -0.747. The van der Waals surface area contributed by atoms with Crippen LogP contribution in [0.2, 0.25) is 0 Å². The number of aromatic nitrogens is 1. The molecule has 0 spiro atoms. The van der Waals surface area contributed by atoms with E-state index in [0.29, 0.717) is 22.2 Å². The number of carbonyl (C=O) groups is 1. The third-order valence-electron chi connectivity index (χ3n) is 4.36. The Bertz CT molecular complexity index is 1140. The highest BCUT2D eigenvalue weighted by atomic mass is 79.9. The van der Waals surface area contributed by atoms with Crippen LogP contribution in [0.3, 0.4) is 0 Å². The molecule has 138 valence electrons. The first kappa shape index (κ1) is 18.3. The summed E-state index contributed by atoms with van der Waals surface area (Å²) in [6.07, 6.45) is 0. The van der Waals surface area contributed by atoms with E-state index in [4.69, 9.17) is 4.74 Å². The predicted octanol–water partition coefficient (Wildman–Crippen LogP) is 6.16. The highest BCUT2D eigenvalue weighted by Gasteiger charge is 2.15. The van der Waals surface area contributed by atoms with E-state index in [2.05, 4.69) is 20.9 Å². The van der Waals surface area contributed by atoms with Gasteiger partial charge in [0.25, 0.3) is 0 Å². The first-order valence-electron chi connectivity index (χ1n) is 8.67. The SMILES string of the molecule is O=C(OCc1ccc(Br)cc1)c1cc(-c2ccc(F)cc2)nc2ccccc12. The lowest BCUT2D eigenvalue weighted by Gasteiger charge is -2.10. The molecule has 0 fully saturated rings. The highest BCUT2D eigenvalue weighted by molar-refractivity contribution is 9.10. The maximum Gasteiger partial charge on any atom is 0.339 e. The Morgan fingerprint density at radius 2 is 1.68 bits per heavy atom. The molecule has 1 heterocycles. The van der Waals surface area contributed by atoms with Crippen LogP contribution >= 0.6 is 15.9 Å². The normalized spacial score (nSPS) is 10.8. The number of esters is 1. The molecule has 0 aliphatic carbocycles. The first-order chi connectivity index (χ1) is 13.6. The van der Waals surface area contributed by atoms with E-state index in [1.807, 2.05) is 48.5 Å². The Hall–Kier alpha value is -3.05. The van der Waals surface area contributed by atoms with E-state index < -0.39 is 5.97 Å². The molecule has 0 unspecified atom stereocenters. The van der Waals surface area contributed by atoms with E-state index in [9.17, 15) is 9.18 Å². The van der Waals surface area contributed by atoms with Crippen LogP contribution in [0.5, 0.6) is 0 Å². The van der Waals surface area contributed by atoms with Crippen LogP contribution in [0.1, 0.15) is 15.9 Å². The number of ether oxygens (including phenoxy) is 1. The molecular weight excluding hydrogens is 421 g/mol. The van der Waals surface area contributed by atoms with Crippen molar-refractivity contribution < 1.29 is 13.9 Å². The van der Waals surface area contributed by atoms with E-state index in [0.717, 1.165) is 15.6 Å². The molecule has 0 amide bonds. The fourth-order valence-electron chi connectivity index (χ4n) is 2.92. The van der Waals surface area contributed by atoms with Gasteiger partial charge in [-0.15, -0.1) is 0 Å². The van der Waals surface area contributed by atoms with Crippen LogP contribution in [0.4, 0.5) is 4.39 Å². The number of carbonyl (C=O) groups excluding carboxylic acids is 1. The summed E-state index contributed by atoms with van der Waals surface area (Å²) in [4.78, 5) is 17.4. The average Bonchev–Trinajstić information content (AvgIpc) is 2.73. The van der Waals surface area contributed by atoms with Gasteiger partial charge in [0.1, 0.15) is 12.4 Å². The number of hydrogen-bond acceptors (Lipinski definition) is 3. The molecule has 0 saturated heterocycles. The summed E-state index contributed by atoms with van der Waals surface area (Å²) in [7, 11) is 0. The Balaban J connectivity index is 1.69. The van der Waals surface area contributed by atoms with Gasteiger partial charge < -0.3 is 4.74 Å². The zero-order valence-corrected chi connectivity index (χ0v) is 16.3. The fourth-order valence-corrected chi connectivity index (χ4v) is 3.18. The lowest BCUT2D eigenvalue weighted by atomic mass is 10.0. The number of para-hydroxylation sites is 1. The maximum absolute atomic E-state index is 13.3. The maximum atomic E-state index is 13.3. The molecular formula is C23H15BrFNO2. The first-order valence-corrected chi connectivity index (χ1v) is 9.47. The molecule has 0 radical (unpaired) electrons. The van der Waals surface area contributed by atoms with Gasteiger partial charge >= 0.3 is 5.97 Å². The number of fused-ring (bicyclic) bond motifs is 1. The van der Waals surface area contributed by atoms with Crippen molar-refractivity contribution in [2.75, 3.05) is 0 Å². The van der Waals surface area contributed by atoms with Crippen molar-refractivity contribution in [3.05, 3.63) is 100 Å². The quantitative estimate of drug-likeness (QED) is 0.360. The van der Waals surface area contributed by atoms with Crippen LogP contribution < -0.4 is 0 Å². The van der Waals surface area contributed by atoms with Gasteiger partial charge in [0.2, 0.25) is 0 Å². The molecule has 4 rings (SSSR count). The van der Waals surface area contributed by atoms with Gasteiger partial charge in [0, 0.05) is 15.4 Å². The Morgan fingerprint density at radius 3 is 2.43 bits per heavy atom. The van der Waals surface area contributed by atoms with Crippen LogP contribution in [-0.2, 0) is 11.3 Å². The van der Waals surface area contributed by atoms with Gasteiger partial charge in [-0.05, 0) is 54.1 Å². The van der Waals surface area contributed by atoms with Crippen molar-refractivity contribution in [3.63, 3.8) is 0 Å². The third kappa shape index (κ3) is 3.94. The summed E-state index contributed by atoms with van der Waals surface area (Å²) in [6, 6.07) is 22.7. The van der Waals surface area contributed by atoms with Crippen molar-refractivity contribution in [1.82, 2.24) is 4.98 Å². The molecule has 0 aliphatic rings. The van der Waals surface area contributed by atoms with Crippen molar-refractivity contribution >= 4 is 32.8 Å². The van der Waals surface area contributed by atoms with E-state index in [-0.39, 0.29) is 12.4 Å². The number of benzene rings is 3. The van der Waals surface area contributed by atoms with Gasteiger partial charge in [0.15, 0.2) is 0 Å². The van der Waals surface area contributed by atoms with E-state index >= 15 is 0 Å². The fraction of sp³-hybridized carbons (Fsp3) is 0.0435. The Morgan fingerprint density at radius 1 is 0.964 bits per heavy atom. The van der Waals surface area contributed by atoms with Crippen LogP contribution in [0, 0.1) is 5.82 Å². The van der Waals surface area contributed by atoms with Crippen molar-refractivity contribution in [1.29, 1.82) is 0 Å². The summed E-state index contributed by atoms with van der Waals surface area (Å²) in [6.45, 7) is 0.175. The Labute approximate surface area is 169 Å². The molecule has 0 saturated carbocycles. The molecule has 3 aromatic carbocycles. The largest absolute Gasteiger partial charge is 0.457 e. The lowest BCUT2D eigenvalue weighted by molar-refractivity contribution is 0.0475. The molecule has 0 atom stereocenters. The highest BCUT2D eigenvalue weighted by Crippen LogP contribution is 2.26. The van der Waals surface area contributed by atoms with Crippen LogP contribution in [0.25, 0.3) is 22.2 Å². The second-order valence-electron chi connectivity index (χ2n) is 6.28. The molecule has 3 nitrogen and oxygen atoms in total. The molecule has 5 heteroatoms. The van der Waals surface area contributed by atoms with Crippen molar-refractivity contribution in [2.24, 2.45) is 0 Å². The molecule has 0 aliphatic heterocycles. The van der Waals surface area contributed by atoms with Gasteiger partial charge in [-0.2, -0.15) is 0 Å². The minimum Gasteiger partial charge on any atom is -0.457 e. The van der Waals surface area contributed by atoms with Gasteiger partial charge in [-0.1, -0.05) is 46.3 Å². The standard InChI is InChI=1S/C23H15BrFNO2/c24-17-9-5-15(6-10-17)14-28-23(27)20-13-22(16-7-11-18(25)12-8-16)26-21-4-2-1-3-19(20)21/h1-13H,14H2. The lowest BCUT2D eigenvalue weighted by Crippen LogP contribution is -2.07. The second kappa shape index (κ2) is 7.90. The van der Waals surface area contributed by atoms with Gasteiger partial charge in [0.05, 0.1) is 16.8 Å². The molecule has 0 bridgehead atoms. The van der Waals surface area contributed by atoms with Gasteiger partial charge in [-0.3, -0.25) is 0 Å². The monoisotopic (exact) mass is 435 g/mol.